The van der Waals surface area contributed by atoms with Crippen molar-refractivity contribution in [3.8, 4) is 0 Å². The lowest BCUT2D eigenvalue weighted by Crippen LogP contribution is -2.38. The zero-order chi connectivity index (χ0) is 15.3. The number of anilines is 1. The Bertz CT molecular complexity index is 615. The van der Waals surface area contributed by atoms with Gasteiger partial charge in [-0.2, -0.15) is 0 Å². The van der Waals surface area contributed by atoms with E-state index < -0.39 is 34.7 Å². The number of nitrogens with two attached hydrogens (primary N) is 1. The maximum absolute atomic E-state index is 11.4. The summed E-state index contributed by atoms with van der Waals surface area (Å²) in [6.07, 6.45) is -1.73. The quantitative estimate of drug-likeness (QED) is 0.464. The molecule has 0 heterocycles. The predicted molar refractivity (Wildman–Crippen MR) is 68.5 cm³/mol. The number of nitrogens with one attached hydrogen (secondary N) is 2. The first-order valence-electron chi connectivity index (χ1n) is 5.29. The van der Waals surface area contributed by atoms with E-state index in [0.717, 1.165) is 6.07 Å². The minimum absolute atomic E-state index is 0.152. The van der Waals surface area contributed by atoms with Crippen LogP contribution in [-0.2, 0) is 14.8 Å². The summed E-state index contributed by atoms with van der Waals surface area (Å²) in [6, 6.07) is 4.40. The van der Waals surface area contributed by atoms with E-state index in [1.54, 1.807) is 0 Å². The first-order valence-corrected chi connectivity index (χ1v) is 6.83. The number of hydrogen-bond acceptors (Lipinski definition) is 5. The number of rotatable bonds is 5. The molecule has 0 saturated heterocycles. The van der Waals surface area contributed by atoms with Crippen LogP contribution >= 0.6 is 0 Å². The molecule has 0 saturated carbocycles. The van der Waals surface area contributed by atoms with Gasteiger partial charge < -0.3 is 20.8 Å². The highest BCUT2D eigenvalue weighted by Gasteiger charge is 2.14. The van der Waals surface area contributed by atoms with Gasteiger partial charge >= 0.3 is 12.0 Å². The van der Waals surface area contributed by atoms with E-state index in [0.29, 0.717) is 0 Å². The number of carbonyl (C=O) groups excluding carboxylic acids is 1. The maximum Gasteiger partial charge on any atom is 0.334 e. The van der Waals surface area contributed by atoms with Crippen LogP contribution in [0.15, 0.2) is 29.2 Å². The van der Waals surface area contributed by atoms with Crippen LogP contribution in [0.4, 0.5) is 10.5 Å². The Hall–Kier alpha value is -2.17. The molecule has 110 valence electrons. The minimum atomic E-state index is -3.89. The summed E-state index contributed by atoms with van der Waals surface area (Å²) in [4.78, 5) is 21.5. The summed E-state index contributed by atoms with van der Waals surface area (Å²) in [5.41, 5.74) is 0.152. The van der Waals surface area contributed by atoms with E-state index in [4.69, 9.17) is 15.4 Å². The zero-order valence-electron chi connectivity index (χ0n) is 10.1. The van der Waals surface area contributed by atoms with E-state index >= 15 is 0 Å². The molecule has 20 heavy (non-hydrogen) atoms. The molecule has 0 aliphatic carbocycles. The van der Waals surface area contributed by atoms with Crippen LogP contribution in [0.1, 0.15) is 0 Å². The van der Waals surface area contributed by atoms with Crippen LogP contribution in [0.5, 0.6) is 0 Å². The smallest absolute Gasteiger partial charge is 0.334 e. The van der Waals surface area contributed by atoms with E-state index in [1.807, 2.05) is 0 Å². The molecule has 0 aromatic heterocycles. The van der Waals surface area contributed by atoms with Crippen molar-refractivity contribution in [1.82, 2.24) is 5.32 Å². The molecule has 0 radical (unpaired) electrons. The highest BCUT2D eigenvalue weighted by atomic mass is 32.2. The third-order valence-electron chi connectivity index (χ3n) is 2.16. The molecule has 6 N–H and O–H groups in total. The minimum Gasteiger partial charge on any atom is -0.479 e. The molecule has 0 bridgehead atoms. The van der Waals surface area contributed by atoms with Crippen molar-refractivity contribution >= 4 is 27.7 Å². The second kappa shape index (κ2) is 6.32. The second-order valence-corrected chi connectivity index (χ2v) is 5.32. The van der Waals surface area contributed by atoms with E-state index in [-0.39, 0.29) is 10.6 Å². The molecule has 0 aliphatic rings. The molecular formula is C10H13N3O6S. The van der Waals surface area contributed by atoms with E-state index in [1.165, 1.54) is 18.2 Å². The molecule has 9 nitrogen and oxygen atoms in total. The summed E-state index contributed by atoms with van der Waals surface area (Å²) < 4.78 is 22.2. The fourth-order valence-electron chi connectivity index (χ4n) is 1.20. The third-order valence-corrected chi connectivity index (χ3v) is 3.07. The Kier molecular flexibility index (Phi) is 5.02. The molecule has 1 aromatic rings. The second-order valence-electron chi connectivity index (χ2n) is 3.76. The van der Waals surface area contributed by atoms with Gasteiger partial charge in [-0.25, -0.2) is 23.1 Å². The standard InChI is InChI=1S/C10H13N3O6S/c11-20(18,19)7-3-1-2-6(4-7)13-10(17)12-5-8(14)9(15)16/h1-4,8,14H,5H2,(H,15,16)(H2,11,18,19)(H2,12,13,17)/t8-/m0/s1. The summed E-state index contributed by atoms with van der Waals surface area (Å²) in [6.45, 7) is -0.490. The number of benzene rings is 1. The molecule has 1 rings (SSSR count). The summed E-state index contributed by atoms with van der Waals surface area (Å²) in [7, 11) is -3.89. The SMILES string of the molecule is NS(=O)(=O)c1cccc(NC(=O)NC[C@H](O)C(=O)O)c1. The molecule has 2 amide bonds. The summed E-state index contributed by atoms with van der Waals surface area (Å²) in [5.74, 6) is -1.47. The maximum atomic E-state index is 11.4. The highest BCUT2D eigenvalue weighted by Crippen LogP contribution is 2.13. The number of primary sulfonamides is 1. The van der Waals surface area contributed by atoms with Crippen LogP contribution < -0.4 is 15.8 Å². The number of sulfonamides is 1. The Morgan fingerprint density at radius 2 is 2.00 bits per heavy atom. The molecule has 1 atom stereocenters. The van der Waals surface area contributed by atoms with Crippen LogP contribution in [0, 0.1) is 0 Å². The van der Waals surface area contributed by atoms with Gasteiger partial charge in [-0.1, -0.05) is 6.07 Å². The van der Waals surface area contributed by atoms with Gasteiger partial charge in [0.2, 0.25) is 10.0 Å². The first-order chi connectivity index (χ1) is 9.20. The lowest BCUT2D eigenvalue weighted by Gasteiger charge is -2.10. The van der Waals surface area contributed by atoms with Gasteiger partial charge in [0.25, 0.3) is 0 Å². The summed E-state index contributed by atoms with van der Waals surface area (Å²) >= 11 is 0. The number of aliphatic hydroxyl groups excluding tert-OH is 1. The van der Waals surface area contributed by atoms with Crippen molar-refractivity contribution < 1.29 is 28.2 Å². The van der Waals surface area contributed by atoms with Gasteiger partial charge in [-0.15, -0.1) is 0 Å². The van der Waals surface area contributed by atoms with E-state index in [9.17, 15) is 18.0 Å². The normalized spacial score (nSPS) is 12.5. The fraction of sp³-hybridized carbons (Fsp3) is 0.200. The van der Waals surface area contributed by atoms with Gasteiger partial charge in [-0.05, 0) is 18.2 Å². The van der Waals surface area contributed by atoms with Crippen molar-refractivity contribution in [2.75, 3.05) is 11.9 Å². The Morgan fingerprint density at radius 1 is 1.35 bits per heavy atom. The zero-order valence-corrected chi connectivity index (χ0v) is 10.9. The Labute approximate surface area is 114 Å². The highest BCUT2D eigenvalue weighted by molar-refractivity contribution is 7.89. The number of aliphatic carboxylic acids is 1. The average Bonchev–Trinajstić information content (AvgIpc) is 2.35. The van der Waals surface area contributed by atoms with E-state index in [2.05, 4.69) is 10.6 Å². The van der Waals surface area contributed by atoms with Gasteiger partial charge in [0.1, 0.15) is 0 Å². The van der Waals surface area contributed by atoms with Crippen LogP contribution in [0.2, 0.25) is 0 Å². The van der Waals surface area contributed by atoms with Gasteiger partial charge in [0.05, 0.1) is 11.4 Å². The number of carboxylic acids is 1. The lowest BCUT2D eigenvalue weighted by molar-refractivity contribution is -0.146. The first kappa shape index (κ1) is 15.9. The monoisotopic (exact) mass is 303 g/mol. The molecule has 0 spiro atoms. The molecule has 0 fully saturated rings. The van der Waals surface area contributed by atoms with Crippen molar-refractivity contribution in [2.45, 2.75) is 11.0 Å². The number of carbonyl (C=O) groups is 2. The van der Waals surface area contributed by atoms with Crippen molar-refractivity contribution in [3.05, 3.63) is 24.3 Å². The number of carboxylic acid groups (broad SMARTS) is 1. The summed E-state index contributed by atoms with van der Waals surface area (Å²) in [5, 5.41) is 26.7. The van der Waals surface area contributed by atoms with Crippen LogP contribution in [-0.4, -0.2) is 43.3 Å². The molecule has 0 unspecified atom stereocenters. The third kappa shape index (κ3) is 4.84. The average molecular weight is 303 g/mol. The lowest BCUT2D eigenvalue weighted by atomic mass is 10.3. The largest absolute Gasteiger partial charge is 0.479 e. The molecule has 1 aromatic carbocycles. The predicted octanol–water partition coefficient (Wildman–Crippen LogP) is -1.10. The number of amides is 2. The number of urea groups is 1. The van der Waals surface area contributed by atoms with Gasteiger partial charge in [-0.3, -0.25) is 0 Å². The topological polar surface area (TPSA) is 159 Å². The van der Waals surface area contributed by atoms with Gasteiger partial charge in [0.15, 0.2) is 6.10 Å². The Balaban J connectivity index is 2.65. The molecular weight excluding hydrogens is 290 g/mol. The molecule has 10 heteroatoms. The van der Waals surface area contributed by atoms with Crippen molar-refractivity contribution in [1.29, 1.82) is 0 Å². The number of hydrogen-bond donors (Lipinski definition) is 5. The molecule has 0 aliphatic heterocycles. The van der Waals surface area contributed by atoms with Crippen LogP contribution in [0.25, 0.3) is 0 Å². The van der Waals surface area contributed by atoms with Crippen molar-refractivity contribution in [2.24, 2.45) is 5.14 Å². The van der Waals surface area contributed by atoms with Crippen molar-refractivity contribution in [3.63, 3.8) is 0 Å². The van der Waals surface area contributed by atoms with Gasteiger partial charge in [0, 0.05) is 5.69 Å². The number of aliphatic hydroxyl groups is 1. The van der Waals surface area contributed by atoms with Crippen LogP contribution in [0.3, 0.4) is 0 Å². The fourth-order valence-corrected chi connectivity index (χ4v) is 1.76. The Morgan fingerprint density at radius 3 is 2.55 bits per heavy atom.